The molecule has 0 saturated heterocycles. The van der Waals surface area contributed by atoms with E-state index in [1.54, 1.807) is 0 Å². The van der Waals surface area contributed by atoms with Gasteiger partial charge in [-0.3, -0.25) is 4.79 Å². The normalized spacial score (nSPS) is 50.0. The van der Waals surface area contributed by atoms with Gasteiger partial charge >= 0.3 is 5.97 Å². The second kappa shape index (κ2) is 7.04. The molecule has 1 aromatic heterocycles. The molecule has 5 aliphatic carbocycles. The smallest absolute Gasteiger partial charge is 0.310 e. The summed E-state index contributed by atoms with van der Waals surface area (Å²) in [5, 5.41) is 14.8. The molecule has 0 aliphatic heterocycles. The van der Waals surface area contributed by atoms with Crippen molar-refractivity contribution in [3.8, 4) is 0 Å². The van der Waals surface area contributed by atoms with Crippen LogP contribution in [0.15, 0.2) is 22.4 Å². The number of carboxylic acid groups (broad SMARTS) is 1. The summed E-state index contributed by atoms with van der Waals surface area (Å²) in [7, 11) is 0. The van der Waals surface area contributed by atoms with Crippen molar-refractivity contribution in [1.82, 2.24) is 5.16 Å². The Morgan fingerprint density at radius 2 is 1.77 bits per heavy atom. The molecule has 0 radical (unpaired) electrons. The molecule has 0 bridgehead atoms. The second-order valence-corrected chi connectivity index (χ2v) is 14.7. The molecular formula is C31H45NO3. The van der Waals surface area contributed by atoms with Crippen molar-refractivity contribution in [1.29, 1.82) is 0 Å². The molecule has 4 heteroatoms. The number of hydrogen-bond acceptors (Lipinski definition) is 3. The SMILES string of the molecule is C[C@@H]1[C@H](C)CC[C@@]2(C(=O)O)CC[C@@]3(C)C(=CC[C@@H]4[C@@]5(C)Cc6cnoc6C(C)(C)[C@@H]5CC[C@]43C)[C@@H]12. The second-order valence-electron chi connectivity index (χ2n) is 14.7. The van der Waals surface area contributed by atoms with Crippen molar-refractivity contribution in [2.45, 2.75) is 105 Å². The van der Waals surface area contributed by atoms with Crippen molar-refractivity contribution in [2.75, 3.05) is 0 Å². The van der Waals surface area contributed by atoms with E-state index < -0.39 is 11.4 Å². The van der Waals surface area contributed by atoms with Crippen LogP contribution in [0.25, 0.3) is 0 Å². The summed E-state index contributed by atoms with van der Waals surface area (Å²) >= 11 is 0. The lowest BCUT2D eigenvalue weighted by Gasteiger charge is -2.70. The van der Waals surface area contributed by atoms with Gasteiger partial charge in [-0.15, -0.1) is 0 Å². The van der Waals surface area contributed by atoms with E-state index in [1.807, 2.05) is 6.20 Å². The standard InChI is InChI=1S/C31H45NO3/c1-18-10-13-31(26(33)34)15-14-29(6)21(24(31)19(18)2)8-9-23-28(5)16-20-17-32-35-25(20)27(3,4)22(28)11-12-30(23,29)7/h8,17-19,22-24H,9-16H2,1-7H3,(H,33,34)/t18-,19-,22+,23-,24-,28+,29+,30-,31-/m1/s1. The maximum absolute atomic E-state index is 12.9. The van der Waals surface area contributed by atoms with Gasteiger partial charge in [-0.05, 0) is 97.2 Å². The summed E-state index contributed by atoms with van der Waals surface area (Å²) in [5.74, 6) is 2.91. The number of hydrogen-bond donors (Lipinski definition) is 1. The number of rotatable bonds is 1. The lowest BCUT2D eigenvalue weighted by atomic mass is 9.33. The molecule has 1 aromatic rings. The molecule has 3 fully saturated rings. The van der Waals surface area contributed by atoms with Crippen molar-refractivity contribution < 1.29 is 14.4 Å². The Labute approximate surface area is 211 Å². The van der Waals surface area contributed by atoms with Gasteiger partial charge in [0.1, 0.15) is 5.76 Å². The van der Waals surface area contributed by atoms with E-state index in [2.05, 4.69) is 59.7 Å². The fourth-order valence-corrected chi connectivity index (χ4v) is 11.1. The Morgan fingerprint density at radius 1 is 1.03 bits per heavy atom. The van der Waals surface area contributed by atoms with Gasteiger partial charge in [0.15, 0.2) is 0 Å². The molecule has 192 valence electrons. The highest BCUT2D eigenvalue weighted by Crippen LogP contribution is 2.75. The molecule has 35 heavy (non-hydrogen) atoms. The van der Waals surface area contributed by atoms with Crippen molar-refractivity contribution in [2.24, 2.45) is 51.2 Å². The van der Waals surface area contributed by atoms with Crippen LogP contribution in [0.2, 0.25) is 0 Å². The zero-order chi connectivity index (χ0) is 25.2. The minimum absolute atomic E-state index is 0.0105. The fraction of sp³-hybridized carbons (Fsp3) is 0.806. The van der Waals surface area contributed by atoms with E-state index in [-0.39, 0.29) is 27.6 Å². The van der Waals surface area contributed by atoms with Gasteiger partial charge in [0.2, 0.25) is 0 Å². The summed E-state index contributed by atoms with van der Waals surface area (Å²) in [5.41, 5.74) is 2.69. The summed E-state index contributed by atoms with van der Waals surface area (Å²) < 4.78 is 5.83. The van der Waals surface area contributed by atoms with Gasteiger partial charge in [-0.2, -0.15) is 0 Å². The zero-order valence-corrected chi connectivity index (χ0v) is 22.9. The molecule has 0 amide bonds. The monoisotopic (exact) mass is 479 g/mol. The predicted molar refractivity (Wildman–Crippen MR) is 137 cm³/mol. The van der Waals surface area contributed by atoms with Crippen LogP contribution in [0.5, 0.6) is 0 Å². The number of fused-ring (bicyclic) bond motifs is 8. The third kappa shape index (κ3) is 2.65. The van der Waals surface area contributed by atoms with Crippen molar-refractivity contribution in [3.63, 3.8) is 0 Å². The first-order chi connectivity index (χ1) is 16.3. The largest absolute Gasteiger partial charge is 0.481 e. The Hall–Kier alpha value is -1.58. The van der Waals surface area contributed by atoms with Gasteiger partial charge in [-0.1, -0.05) is 65.3 Å². The summed E-state index contributed by atoms with van der Waals surface area (Å²) in [4.78, 5) is 12.9. The van der Waals surface area contributed by atoms with E-state index in [1.165, 1.54) is 24.0 Å². The van der Waals surface area contributed by atoms with Crippen LogP contribution in [0, 0.1) is 51.2 Å². The Kier molecular flexibility index (Phi) is 4.79. The van der Waals surface area contributed by atoms with Crippen LogP contribution >= 0.6 is 0 Å². The third-order valence-electron chi connectivity index (χ3n) is 13.4. The van der Waals surface area contributed by atoms with E-state index >= 15 is 0 Å². The number of aliphatic carboxylic acids is 1. The predicted octanol–water partition coefficient (Wildman–Crippen LogP) is 7.43. The fourth-order valence-electron chi connectivity index (χ4n) is 11.1. The van der Waals surface area contributed by atoms with E-state index in [0.717, 1.165) is 44.3 Å². The quantitative estimate of drug-likeness (QED) is 0.425. The number of aromatic nitrogens is 1. The van der Waals surface area contributed by atoms with E-state index in [9.17, 15) is 9.90 Å². The number of carboxylic acids is 1. The van der Waals surface area contributed by atoms with E-state index in [4.69, 9.17) is 4.52 Å². The lowest BCUT2D eigenvalue weighted by molar-refractivity contribution is -0.179. The van der Waals surface area contributed by atoms with Gasteiger partial charge in [-0.25, -0.2) is 0 Å². The molecule has 5 aliphatic rings. The van der Waals surface area contributed by atoms with Gasteiger partial charge in [0, 0.05) is 11.0 Å². The summed E-state index contributed by atoms with van der Waals surface area (Å²) in [6.07, 6.45) is 12.8. The molecule has 9 atom stereocenters. The average molecular weight is 480 g/mol. The van der Waals surface area contributed by atoms with Crippen LogP contribution in [0.4, 0.5) is 0 Å². The van der Waals surface area contributed by atoms with Crippen LogP contribution in [-0.2, 0) is 16.6 Å². The Morgan fingerprint density at radius 3 is 2.49 bits per heavy atom. The number of nitrogens with zero attached hydrogens (tertiary/aromatic N) is 1. The van der Waals surface area contributed by atoms with Gasteiger partial charge < -0.3 is 9.63 Å². The zero-order valence-electron chi connectivity index (χ0n) is 22.9. The molecular weight excluding hydrogens is 434 g/mol. The van der Waals surface area contributed by atoms with E-state index in [0.29, 0.717) is 23.7 Å². The highest BCUT2D eigenvalue weighted by Gasteiger charge is 2.69. The average Bonchev–Trinajstić information content (AvgIpc) is 3.25. The van der Waals surface area contributed by atoms with Crippen LogP contribution < -0.4 is 0 Å². The molecule has 4 nitrogen and oxygen atoms in total. The lowest BCUT2D eigenvalue weighted by Crippen LogP contribution is -2.65. The van der Waals surface area contributed by atoms with Crippen molar-refractivity contribution in [3.05, 3.63) is 29.2 Å². The molecule has 0 aromatic carbocycles. The maximum Gasteiger partial charge on any atom is 0.310 e. The van der Waals surface area contributed by atoms with Crippen LogP contribution in [-0.4, -0.2) is 16.2 Å². The highest BCUT2D eigenvalue weighted by atomic mass is 16.5. The molecule has 0 spiro atoms. The maximum atomic E-state index is 12.9. The minimum Gasteiger partial charge on any atom is -0.481 e. The van der Waals surface area contributed by atoms with Crippen LogP contribution in [0.1, 0.15) is 105 Å². The summed E-state index contributed by atoms with van der Waals surface area (Å²) in [6.45, 7) is 17.1. The first kappa shape index (κ1) is 23.8. The Bertz CT molecular complexity index is 1100. The van der Waals surface area contributed by atoms with Gasteiger partial charge in [0.25, 0.3) is 0 Å². The van der Waals surface area contributed by atoms with Gasteiger partial charge in [0.05, 0.1) is 11.6 Å². The molecule has 1 heterocycles. The topological polar surface area (TPSA) is 63.3 Å². The molecule has 3 saturated carbocycles. The minimum atomic E-state index is -0.564. The van der Waals surface area contributed by atoms with Crippen molar-refractivity contribution >= 4 is 5.97 Å². The van der Waals surface area contributed by atoms with Crippen LogP contribution in [0.3, 0.4) is 0 Å². The first-order valence-electron chi connectivity index (χ1n) is 14.2. The molecule has 0 unspecified atom stereocenters. The first-order valence-corrected chi connectivity index (χ1v) is 14.2. The number of allylic oxidation sites excluding steroid dienone is 2. The molecule has 6 rings (SSSR count). The number of carbonyl (C=O) groups is 1. The molecule has 1 N–H and O–H groups in total. The highest BCUT2D eigenvalue weighted by molar-refractivity contribution is 5.76. The Balaban J connectivity index is 1.48. The third-order valence-corrected chi connectivity index (χ3v) is 13.4. The summed E-state index contributed by atoms with van der Waals surface area (Å²) in [6, 6.07) is 0.